The molecule has 1 aromatic carbocycles. The Bertz CT molecular complexity index is 610. The summed E-state index contributed by atoms with van der Waals surface area (Å²) in [5.74, 6) is 0.641. The largest absolute Gasteiger partial charge is 0.497 e. The van der Waals surface area contributed by atoms with Gasteiger partial charge in [0.15, 0.2) is 0 Å². The van der Waals surface area contributed by atoms with E-state index in [4.69, 9.17) is 4.74 Å². The third kappa shape index (κ3) is 4.27. The molecule has 0 aliphatic heterocycles. The van der Waals surface area contributed by atoms with Crippen molar-refractivity contribution < 1.29 is 9.53 Å². The second kappa shape index (κ2) is 7.19. The van der Waals surface area contributed by atoms with Gasteiger partial charge in [-0.25, -0.2) is 4.98 Å². The highest BCUT2D eigenvalue weighted by Crippen LogP contribution is 2.26. The van der Waals surface area contributed by atoms with Gasteiger partial charge in [-0.1, -0.05) is 12.1 Å². The van der Waals surface area contributed by atoms with Crippen LogP contribution in [0.3, 0.4) is 0 Å². The Morgan fingerprint density at radius 3 is 2.95 bits per heavy atom. The average molecular weight is 305 g/mol. The first kappa shape index (κ1) is 15.5. The number of methoxy groups -OCH3 is 1. The number of nitrogens with one attached hydrogen (secondary N) is 1. The summed E-state index contributed by atoms with van der Waals surface area (Å²) < 4.78 is 5.20. The molecule has 0 saturated heterocycles. The first-order chi connectivity index (χ1) is 10.1. The van der Waals surface area contributed by atoms with E-state index < -0.39 is 0 Å². The molecule has 0 aliphatic rings. The van der Waals surface area contributed by atoms with Crippen molar-refractivity contribution in [3.63, 3.8) is 0 Å². The topological polar surface area (TPSA) is 54.5 Å². The maximum atomic E-state index is 12.0. The number of amides is 1. The Hall–Kier alpha value is -1.92. The minimum Gasteiger partial charge on any atom is -0.497 e. The predicted octanol–water partition coefficient (Wildman–Crippen LogP) is 2.11. The highest BCUT2D eigenvalue weighted by Gasteiger charge is 2.11. The van der Waals surface area contributed by atoms with Gasteiger partial charge in [-0.2, -0.15) is 0 Å². The fraction of sp³-hybridized carbons (Fsp3) is 0.333. The number of carbonyl (C=O) groups excluding carboxylic acids is 1. The van der Waals surface area contributed by atoms with Crippen molar-refractivity contribution in [3.05, 3.63) is 35.3 Å². The number of ether oxygens (including phenoxy) is 1. The number of thiazole rings is 1. The number of nitrogens with zero attached hydrogens (tertiary/aromatic N) is 2. The Morgan fingerprint density at radius 2 is 2.24 bits per heavy atom. The molecule has 0 fully saturated rings. The summed E-state index contributed by atoms with van der Waals surface area (Å²) in [6, 6.07) is 7.65. The van der Waals surface area contributed by atoms with Crippen molar-refractivity contribution in [1.29, 1.82) is 0 Å². The van der Waals surface area contributed by atoms with Gasteiger partial charge in [0.2, 0.25) is 0 Å². The highest BCUT2D eigenvalue weighted by molar-refractivity contribution is 7.13. The summed E-state index contributed by atoms with van der Waals surface area (Å²) >= 11 is 1.45. The Morgan fingerprint density at radius 1 is 1.43 bits per heavy atom. The minimum absolute atomic E-state index is 0.137. The van der Waals surface area contributed by atoms with Crippen LogP contribution in [-0.4, -0.2) is 50.1 Å². The SMILES string of the molecule is COc1cccc(-c2nc(C(=O)NCCN(C)C)cs2)c1. The number of hydrogen-bond donors (Lipinski definition) is 1. The van der Waals surface area contributed by atoms with Crippen molar-refractivity contribution in [2.24, 2.45) is 0 Å². The summed E-state index contributed by atoms with van der Waals surface area (Å²) in [5.41, 5.74) is 1.41. The molecule has 21 heavy (non-hydrogen) atoms. The molecule has 0 bridgehead atoms. The van der Waals surface area contributed by atoms with Crippen LogP contribution in [0.15, 0.2) is 29.6 Å². The quantitative estimate of drug-likeness (QED) is 0.888. The Kier molecular flexibility index (Phi) is 5.30. The summed E-state index contributed by atoms with van der Waals surface area (Å²) in [5, 5.41) is 5.45. The minimum atomic E-state index is -0.137. The van der Waals surface area contributed by atoms with Crippen LogP contribution in [0.4, 0.5) is 0 Å². The predicted molar refractivity (Wildman–Crippen MR) is 85.0 cm³/mol. The van der Waals surface area contributed by atoms with E-state index in [-0.39, 0.29) is 5.91 Å². The van der Waals surface area contributed by atoms with Crippen LogP contribution in [0, 0.1) is 0 Å². The van der Waals surface area contributed by atoms with E-state index in [0.29, 0.717) is 12.2 Å². The molecule has 1 aromatic heterocycles. The van der Waals surface area contributed by atoms with E-state index in [9.17, 15) is 4.79 Å². The number of rotatable bonds is 6. The lowest BCUT2D eigenvalue weighted by atomic mass is 10.2. The van der Waals surface area contributed by atoms with E-state index in [1.54, 1.807) is 12.5 Å². The number of aromatic nitrogens is 1. The molecule has 0 radical (unpaired) electrons. The van der Waals surface area contributed by atoms with E-state index in [2.05, 4.69) is 10.3 Å². The summed E-state index contributed by atoms with van der Waals surface area (Å²) in [4.78, 5) is 18.4. The fourth-order valence-electron chi connectivity index (χ4n) is 1.75. The summed E-state index contributed by atoms with van der Waals surface area (Å²) in [6.45, 7) is 1.41. The third-order valence-electron chi connectivity index (χ3n) is 2.90. The molecule has 0 unspecified atom stereocenters. The van der Waals surface area contributed by atoms with Gasteiger partial charge in [-0.05, 0) is 26.2 Å². The van der Waals surface area contributed by atoms with Gasteiger partial charge in [-0.3, -0.25) is 4.79 Å². The van der Waals surface area contributed by atoms with Gasteiger partial charge in [-0.15, -0.1) is 11.3 Å². The van der Waals surface area contributed by atoms with E-state index in [1.807, 2.05) is 43.3 Å². The molecular weight excluding hydrogens is 286 g/mol. The molecule has 1 heterocycles. The van der Waals surface area contributed by atoms with Crippen molar-refractivity contribution in [2.75, 3.05) is 34.3 Å². The van der Waals surface area contributed by atoms with E-state index >= 15 is 0 Å². The molecule has 112 valence electrons. The molecule has 6 heteroatoms. The first-order valence-electron chi connectivity index (χ1n) is 6.63. The van der Waals surface area contributed by atoms with Crippen LogP contribution in [0.25, 0.3) is 10.6 Å². The summed E-state index contributed by atoms with van der Waals surface area (Å²) in [6.07, 6.45) is 0. The van der Waals surface area contributed by atoms with Gasteiger partial charge in [0.05, 0.1) is 7.11 Å². The molecule has 1 amide bonds. The lowest BCUT2D eigenvalue weighted by molar-refractivity contribution is 0.0947. The molecule has 2 rings (SSSR count). The monoisotopic (exact) mass is 305 g/mol. The van der Waals surface area contributed by atoms with Crippen LogP contribution < -0.4 is 10.1 Å². The zero-order chi connectivity index (χ0) is 15.2. The zero-order valence-electron chi connectivity index (χ0n) is 12.4. The smallest absolute Gasteiger partial charge is 0.270 e. The molecule has 2 aromatic rings. The number of benzene rings is 1. The zero-order valence-corrected chi connectivity index (χ0v) is 13.2. The number of likely N-dealkylation sites (N-methyl/N-ethyl adjacent to an activating group) is 1. The molecular formula is C15H19N3O2S. The van der Waals surface area contributed by atoms with Crippen molar-refractivity contribution >= 4 is 17.2 Å². The summed E-state index contributed by atoms with van der Waals surface area (Å²) in [7, 11) is 5.57. The van der Waals surface area contributed by atoms with E-state index in [0.717, 1.165) is 22.9 Å². The van der Waals surface area contributed by atoms with E-state index in [1.165, 1.54) is 11.3 Å². The first-order valence-corrected chi connectivity index (χ1v) is 7.51. The standard InChI is InChI=1S/C15H19N3O2S/c1-18(2)8-7-16-14(19)13-10-21-15(17-13)11-5-4-6-12(9-11)20-3/h4-6,9-10H,7-8H2,1-3H3,(H,16,19). The fourth-order valence-corrected chi connectivity index (χ4v) is 2.55. The molecule has 0 aliphatic carbocycles. The van der Waals surface area contributed by atoms with Crippen LogP contribution in [0.5, 0.6) is 5.75 Å². The second-order valence-electron chi connectivity index (χ2n) is 4.83. The molecule has 0 spiro atoms. The van der Waals surface area contributed by atoms with Gasteiger partial charge >= 0.3 is 0 Å². The average Bonchev–Trinajstić information content (AvgIpc) is 2.97. The third-order valence-corrected chi connectivity index (χ3v) is 3.79. The van der Waals surface area contributed by atoms with Crippen LogP contribution >= 0.6 is 11.3 Å². The van der Waals surface area contributed by atoms with Crippen molar-refractivity contribution in [2.45, 2.75) is 0 Å². The maximum absolute atomic E-state index is 12.0. The van der Waals surface area contributed by atoms with Gasteiger partial charge in [0.25, 0.3) is 5.91 Å². The van der Waals surface area contributed by atoms with Gasteiger partial charge in [0.1, 0.15) is 16.5 Å². The van der Waals surface area contributed by atoms with Gasteiger partial charge in [0, 0.05) is 24.0 Å². The highest BCUT2D eigenvalue weighted by atomic mass is 32.1. The molecule has 1 N–H and O–H groups in total. The molecule has 5 nitrogen and oxygen atoms in total. The lowest BCUT2D eigenvalue weighted by Crippen LogP contribution is -2.31. The number of hydrogen-bond acceptors (Lipinski definition) is 5. The van der Waals surface area contributed by atoms with Crippen molar-refractivity contribution in [3.8, 4) is 16.3 Å². The van der Waals surface area contributed by atoms with Crippen LogP contribution in [-0.2, 0) is 0 Å². The normalized spacial score (nSPS) is 10.7. The maximum Gasteiger partial charge on any atom is 0.270 e. The Balaban J connectivity index is 2.05. The number of carbonyl (C=O) groups is 1. The van der Waals surface area contributed by atoms with Crippen LogP contribution in [0.2, 0.25) is 0 Å². The molecule has 0 saturated carbocycles. The molecule has 0 atom stereocenters. The second-order valence-corrected chi connectivity index (χ2v) is 5.69. The van der Waals surface area contributed by atoms with Gasteiger partial charge < -0.3 is 15.0 Å². The lowest BCUT2D eigenvalue weighted by Gasteiger charge is -2.09. The van der Waals surface area contributed by atoms with Crippen LogP contribution in [0.1, 0.15) is 10.5 Å². The Labute approximate surface area is 128 Å². The van der Waals surface area contributed by atoms with Crippen molar-refractivity contribution in [1.82, 2.24) is 15.2 Å².